The third-order valence-electron chi connectivity index (χ3n) is 4.48. The minimum atomic E-state index is -0.199. The molecule has 0 bridgehead atoms. The molecule has 0 saturated carbocycles. The quantitative estimate of drug-likeness (QED) is 0.764. The Morgan fingerprint density at radius 2 is 1.96 bits per heavy atom. The van der Waals surface area contributed by atoms with Crippen molar-refractivity contribution >= 4 is 17.5 Å². The van der Waals surface area contributed by atoms with Crippen molar-refractivity contribution in [1.82, 2.24) is 14.9 Å². The van der Waals surface area contributed by atoms with E-state index in [1.54, 1.807) is 18.5 Å². The number of nitrogens with one attached hydrogen (secondary N) is 1. The summed E-state index contributed by atoms with van der Waals surface area (Å²) in [5, 5.41) is 3.57. The molecule has 5 nitrogen and oxygen atoms in total. The summed E-state index contributed by atoms with van der Waals surface area (Å²) in [6, 6.07) is 17.5. The number of imidazole rings is 1. The molecule has 2 aromatic carbocycles. The van der Waals surface area contributed by atoms with Crippen LogP contribution in [0.25, 0.3) is 0 Å². The SMILES string of the molecule is O=C(NCc1ccc(Cl)cc1)c1ncn2c1COC(c1ccccc1)C2. The number of nitrogens with zero attached hydrogens (tertiary/aromatic N) is 2. The molecule has 3 aromatic rings. The van der Waals surface area contributed by atoms with E-state index in [0.717, 1.165) is 16.8 Å². The van der Waals surface area contributed by atoms with E-state index in [2.05, 4.69) is 10.3 Å². The second-order valence-corrected chi connectivity index (χ2v) is 6.65. The van der Waals surface area contributed by atoms with Gasteiger partial charge in [0, 0.05) is 11.6 Å². The summed E-state index contributed by atoms with van der Waals surface area (Å²) < 4.78 is 7.96. The van der Waals surface area contributed by atoms with Crippen molar-refractivity contribution in [2.45, 2.75) is 25.8 Å². The summed E-state index contributed by atoms with van der Waals surface area (Å²) in [7, 11) is 0. The first-order chi connectivity index (χ1) is 12.7. The standard InChI is InChI=1S/C20H18ClN3O2/c21-16-8-6-14(7-9-16)10-22-20(25)19-17-12-26-18(11-24(17)13-23-19)15-4-2-1-3-5-15/h1-9,13,18H,10-12H2,(H,22,25). The zero-order chi connectivity index (χ0) is 17.9. The van der Waals surface area contributed by atoms with Gasteiger partial charge in [0.2, 0.25) is 0 Å². The van der Waals surface area contributed by atoms with Gasteiger partial charge in [-0.05, 0) is 23.3 Å². The number of halogens is 1. The second-order valence-electron chi connectivity index (χ2n) is 6.21. The van der Waals surface area contributed by atoms with Crippen molar-refractivity contribution in [2.24, 2.45) is 0 Å². The molecular weight excluding hydrogens is 350 g/mol. The lowest BCUT2D eigenvalue weighted by Gasteiger charge is -2.25. The molecule has 26 heavy (non-hydrogen) atoms. The number of carbonyl (C=O) groups excluding carboxylic acids is 1. The molecule has 1 aromatic heterocycles. The molecule has 0 radical (unpaired) electrons. The van der Waals surface area contributed by atoms with Gasteiger partial charge in [0.15, 0.2) is 5.69 Å². The van der Waals surface area contributed by atoms with Crippen molar-refractivity contribution in [3.63, 3.8) is 0 Å². The highest BCUT2D eigenvalue weighted by Gasteiger charge is 2.26. The highest BCUT2D eigenvalue weighted by atomic mass is 35.5. The highest BCUT2D eigenvalue weighted by Crippen LogP contribution is 2.27. The average molecular weight is 368 g/mol. The van der Waals surface area contributed by atoms with Crippen molar-refractivity contribution in [1.29, 1.82) is 0 Å². The smallest absolute Gasteiger partial charge is 0.272 e. The number of hydrogen-bond donors (Lipinski definition) is 1. The summed E-state index contributed by atoms with van der Waals surface area (Å²) in [5.74, 6) is -0.199. The van der Waals surface area contributed by atoms with Crippen LogP contribution in [0, 0.1) is 0 Å². The van der Waals surface area contributed by atoms with Crippen molar-refractivity contribution < 1.29 is 9.53 Å². The minimum absolute atomic E-state index is 0.0251. The Kier molecular flexibility index (Phi) is 4.73. The molecule has 4 rings (SSSR count). The fraction of sp³-hybridized carbons (Fsp3) is 0.200. The van der Waals surface area contributed by atoms with E-state index >= 15 is 0 Å². The number of amides is 1. The fourth-order valence-electron chi connectivity index (χ4n) is 3.05. The van der Waals surface area contributed by atoms with Gasteiger partial charge >= 0.3 is 0 Å². The van der Waals surface area contributed by atoms with Crippen LogP contribution in [0.2, 0.25) is 5.02 Å². The van der Waals surface area contributed by atoms with E-state index < -0.39 is 0 Å². The Morgan fingerprint density at radius 1 is 1.19 bits per heavy atom. The predicted molar refractivity (Wildman–Crippen MR) is 98.8 cm³/mol. The van der Waals surface area contributed by atoms with Gasteiger partial charge in [-0.2, -0.15) is 0 Å². The Bertz CT molecular complexity index is 907. The average Bonchev–Trinajstić information content (AvgIpc) is 3.11. The van der Waals surface area contributed by atoms with E-state index in [1.165, 1.54) is 0 Å². The predicted octanol–water partition coefficient (Wildman–Crippen LogP) is 3.74. The van der Waals surface area contributed by atoms with E-state index in [9.17, 15) is 4.79 Å². The fourth-order valence-corrected chi connectivity index (χ4v) is 3.18. The van der Waals surface area contributed by atoms with Crippen LogP contribution in [-0.4, -0.2) is 15.5 Å². The van der Waals surface area contributed by atoms with Crippen LogP contribution in [0.1, 0.15) is 33.4 Å². The molecular formula is C20H18ClN3O2. The first-order valence-electron chi connectivity index (χ1n) is 8.44. The van der Waals surface area contributed by atoms with Gasteiger partial charge in [0.05, 0.1) is 25.2 Å². The van der Waals surface area contributed by atoms with Gasteiger partial charge in [0.25, 0.3) is 5.91 Å². The number of fused-ring (bicyclic) bond motifs is 1. The van der Waals surface area contributed by atoms with Crippen molar-refractivity contribution in [3.8, 4) is 0 Å². The zero-order valence-corrected chi connectivity index (χ0v) is 14.8. The van der Waals surface area contributed by atoms with Crippen LogP contribution in [0.4, 0.5) is 0 Å². The first-order valence-corrected chi connectivity index (χ1v) is 8.81. The summed E-state index contributed by atoms with van der Waals surface area (Å²) in [4.78, 5) is 16.8. The molecule has 1 amide bonds. The Balaban J connectivity index is 1.44. The largest absolute Gasteiger partial charge is 0.365 e. The van der Waals surface area contributed by atoms with Crippen LogP contribution in [0.3, 0.4) is 0 Å². The third kappa shape index (κ3) is 3.49. The lowest BCUT2D eigenvalue weighted by atomic mass is 10.1. The molecule has 1 N–H and O–H groups in total. The zero-order valence-electron chi connectivity index (χ0n) is 14.1. The number of ether oxygens (including phenoxy) is 1. The Hall–Kier alpha value is -2.63. The van der Waals surface area contributed by atoms with Gasteiger partial charge in [-0.1, -0.05) is 54.1 Å². The normalized spacial score (nSPS) is 16.1. The molecule has 1 aliphatic rings. The number of hydrogen-bond acceptors (Lipinski definition) is 3. The van der Waals surface area contributed by atoms with E-state index in [-0.39, 0.29) is 12.0 Å². The maximum Gasteiger partial charge on any atom is 0.272 e. The topological polar surface area (TPSA) is 56.2 Å². The number of carbonyl (C=O) groups is 1. The summed E-state index contributed by atoms with van der Waals surface area (Å²) in [6.45, 7) is 1.44. The summed E-state index contributed by atoms with van der Waals surface area (Å²) in [6.07, 6.45) is 1.69. The van der Waals surface area contributed by atoms with Gasteiger partial charge in [-0.25, -0.2) is 4.98 Å². The molecule has 0 spiro atoms. The number of rotatable bonds is 4. The molecule has 1 atom stereocenters. The number of aromatic nitrogens is 2. The molecule has 0 fully saturated rings. The van der Waals surface area contributed by atoms with Crippen LogP contribution in [0.5, 0.6) is 0 Å². The van der Waals surface area contributed by atoms with Gasteiger partial charge in [-0.15, -0.1) is 0 Å². The van der Waals surface area contributed by atoms with E-state index in [4.69, 9.17) is 16.3 Å². The lowest BCUT2D eigenvalue weighted by molar-refractivity contribution is 0.00257. The van der Waals surface area contributed by atoms with Crippen molar-refractivity contribution in [2.75, 3.05) is 0 Å². The van der Waals surface area contributed by atoms with Gasteiger partial charge in [0.1, 0.15) is 6.10 Å². The minimum Gasteiger partial charge on any atom is -0.365 e. The molecule has 1 aliphatic heterocycles. The number of benzene rings is 2. The maximum absolute atomic E-state index is 12.5. The van der Waals surface area contributed by atoms with Crippen LogP contribution >= 0.6 is 11.6 Å². The summed E-state index contributed by atoms with van der Waals surface area (Å²) >= 11 is 5.88. The second kappa shape index (κ2) is 7.32. The van der Waals surface area contributed by atoms with Crippen LogP contribution in [0.15, 0.2) is 60.9 Å². The molecule has 0 aliphatic carbocycles. The molecule has 132 valence electrons. The van der Waals surface area contributed by atoms with Crippen LogP contribution in [-0.2, 0) is 24.4 Å². The lowest BCUT2D eigenvalue weighted by Crippen LogP contribution is -2.27. The molecule has 1 unspecified atom stereocenters. The van der Waals surface area contributed by atoms with Crippen LogP contribution < -0.4 is 5.32 Å². The third-order valence-corrected chi connectivity index (χ3v) is 4.73. The monoisotopic (exact) mass is 367 g/mol. The van der Waals surface area contributed by atoms with E-state index in [1.807, 2.05) is 47.0 Å². The van der Waals surface area contributed by atoms with E-state index in [0.29, 0.717) is 30.4 Å². The first kappa shape index (κ1) is 16.8. The summed E-state index contributed by atoms with van der Waals surface area (Å²) in [5.41, 5.74) is 3.34. The van der Waals surface area contributed by atoms with Gasteiger partial charge < -0.3 is 14.6 Å². The van der Waals surface area contributed by atoms with Crippen molar-refractivity contribution in [3.05, 3.63) is 88.5 Å². The molecule has 2 heterocycles. The van der Waals surface area contributed by atoms with Gasteiger partial charge in [-0.3, -0.25) is 4.79 Å². The molecule has 6 heteroatoms. The Morgan fingerprint density at radius 3 is 2.73 bits per heavy atom. The highest BCUT2D eigenvalue weighted by molar-refractivity contribution is 6.30. The Labute approximate surface area is 156 Å². The maximum atomic E-state index is 12.5. The molecule has 0 saturated heterocycles.